The lowest BCUT2D eigenvalue weighted by molar-refractivity contribution is -0.147. The van der Waals surface area contributed by atoms with Gasteiger partial charge in [-0.15, -0.1) is 11.3 Å². The Morgan fingerprint density at radius 1 is 1.33 bits per heavy atom. The van der Waals surface area contributed by atoms with Gasteiger partial charge in [0.1, 0.15) is 11.4 Å². The van der Waals surface area contributed by atoms with Crippen molar-refractivity contribution >= 4 is 33.3 Å². The Hall–Kier alpha value is -1.95. The van der Waals surface area contributed by atoms with E-state index in [0.29, 0.717) is 9.58 Å². The SMILES string of the molecule is CCN(C(=O)c1cc2ccc(F)cc2s1)C(C)(C)C(=O)O. The van der Waals surface area contributed by atoms with Gasteiger partial charge in [0, 0.05) is 11.2 Å². The van der Waals surface area contributed by atoms with Crippen LogP contribution in [-0.4, -0.2) is 34.0 Å². The van der Waals surface area contributed by atoms with E-state index in [0.717, 1.165) is 5.39 Å². The number of carboxylic acids is 1. The number of halogens is 1. The summed E-state index contributed by atoms with van der Waals surface area (Å²) in [5.74, 6) is -1.78. The van der Waals surface area contributed by atoms with Gasteiger partial charge in [-0.05, 0) is 44.4 Å². The van der Waals surface area contributed by atoms with Gasteiger partial charge in [-0.1, -0.05) is 6.07 Å². The normalized spacial score (nSPS) is 11.6. The zero-order valence-corrected chi connectivity index (χ0v) is 12.8. The van der Waals surface area contributed by atoms with Crippen molar-refractivity contribution < 1.29 is 19.1 Å². The standard InChI is InChI=1S/C15H16FNO3S/c1-4-17(15(2,3)14(19)20)13(18)12-7-9-5-6-10(16)8-11(9)21-12/h5-8H,4H2,1-3H3,(H,19,20). The zero-order chi connectivity index (χ0) is 15.8. The van der Waals surface area contributed by atoms with Crippen molar-refractivity contribution in [2.24, 2.45) is 0 Å². The van der Waals surface area contributed by atoms with Crippen LogP contribution in [0.1, 0.15) is 30.4 Å². The molecule has 112 valence electrons. The van der Waals surface area contributed by atoms with Crippen molar-refractivity contribution in [1.29, 1.82) is 0 Å². The van der Waals surface area contributed by atoms with Gasteiger partial charge in [0.2, 0.25) is 0 Å². The molecule has 0 spiro atoms. The molecule has 21 heavy (non-hydrogen) atoms. The van der Waals surface area contributed by atoms with Crippen molar-refractivity contribution in [2.45, 2.75) is 26.3 Å². The summed E-state index contributed by atoms with van der Waals surface area (Å²) in [7, 11) is 0. The van der Waals surface area contributed by atoms with E-state index in [1.165, 1.54) is 42.2 Å². The second-order valence-electron chi connectivity index (χ2n) is 5.21. The molecule has 0 saturated heterocycles. The Labute approximate surface area is 125 Å². The van der Waals surface area contributed by atoms with E-state index in [1.807, 2.05) is 0 Å². The molecule has 0 aliphatic heterocycles. The fourth-order valence-electron chi connectivity index (χ4n) is 2.15. The van der Waals surface area contributed by atoms with E-state index >= 15 is 0 Å². The number of fused-ring (bicyclic) bond motifs is 1. The van der Waals surface area contributed by atoms with Crippen LogP contribution >= 0.6 is 11.3 Å². The van der Waals surface area contributed by atoms with Crippen molar-refractivity contribution in [2.75, 3.05) is 6.54 Å². The lowest BCUT2D eigenvalue weighted by Crippen LogP contribution is -2.52. The van der Waals surface area contributed by atoms with Crippen LogP contribution in [0.5, 0.6) is 0 Å². The van der Waals surface area contributed by atoms with E-state index in [-0.39, 0.29) is 18.3 Å². The third kappa shape index (κ3) is 2.76. The summed E-state index contributed by atoms with van der Waals surface area (Å²) in [6, 6.07) is 5.98. The quantitative estimate of drug-likeness (QED) is 0.942. The van der Waals surface area contributed by atoms with Crippen molar-refractivity contribution in [3.8, 4) is 0 Å². The van der Waals surface area contributed by atoms with Crippen molar-refractivity contribution in [1.82, 2.24) is 4.90 Å². The first-order valence-corrected chi connectivity index (χ1v) is 7.33. The number of thiophene rings is 1. The maximum absolute atomic E-state index is 13.2. The van der Waals surface area contributed by atoms with Crippen molar-refractivity contribution in [3.05, 3.63) is 35.0 Å². The molecule has 1 aromatic carbocycles. The summed E-state index contributed by atoms with van der Waals surface area (Å²) in [6.07, 6.45) is 0. The minimum atomic E-state index is -1.30. The van der Waals surface area contributed by atoms with E-state index in [4.69, 9.17) is 0 Å². The Balaban J connectivity index is 2.42. The van der Waals surface area contributed by atoms with Gasteiger partial charge in [-0.25, -0.2) is 9.18 Å². The predicted octanol–water partition coefficient (Wildman–Crippen LogP) is 3.37. The van der Waals surface area contributed by atoms with Crippen LogP contribution in [0.15, 0.2) is 24.3 Å². The van der Waals surface area contributed by atoms with Crippen LogP contribution in [0, 0.1) is 5.82 Å². The molecular weight excluding hydrogens is 293 g/mol. The number of carbonyl (C=O) groups excluding carboxylic acids is 1. The lowest BCUT2D eigenvalue weighted by Gasteiger charge is -2.33. The summed E-state index contributed by atoms with van der Waals surface area (Å²) in [4.78, 5) is 25.6. The summed E-state index contributed by atoms with van der Waals surface area (Å²) in [5, 5.41) is 10.0. The van der Waals surface area contributed by atoms with Gasteiger partial charge in [-0.3, -0.25) is 4.79 Å². The van der Waals surface area contributed by atoms with E-state index in [9.17, 15) is 19.1 Å². The molecule has 0 aliphatic rings. The second kappa shape index (κ2) is 5.44. The van der Waals surface area contributed by atoms with Crippen molar-refractivity contribution in [3.63, 3.8) is 0 Å². The number of carbonyl (C=O) groups is 2. The number of nitrogens with zero attached hydrogens (tertiary/aromatic N) is 1. The van der Waals surface area contributed by atoms with Gasteiger partial charge in [0.05, 0.1) is 4.88 Å². The van der Waals surface area contributed by atoms with Crippen LogP contribution in [-0.2, 0) is 4.79 Å². The highest BCUT2D eigenvalue weighted by atomic mass is 32.1. The minimum absolute atomic E-state index is 0.279. The average molecular weight is 309 g/mol. The summed E-state index contributed by atoms with van der Waals surface area (Å²) in [5.41, 5.74) is -1.30. The number of benzene rings is 1. The van der Waals surface area contributed by atoms with Gasteiger partial charge in [0.15, 0.2) is 0 Å². The van der Waals surface area contributed by atoms with Crippen LogP contribution in [0.4, 0.5) is 4.39 Å². The third-order valence-electron chi connectivity index (χ3n) is 3.45. The number of aliphatic carboxylic acids is 1. The minimum Gasteiger partial charge on any atom is -0.480 e. The molecule has 0 fully saturated rings. The smallest absolute Gasteiger partial charge is 0.329 e. The molecule has 0 unspecified atom stereocenters. The first kappa shape index (κ1) is 15.4. The third-order valence-corrected chi connectivity index (χ3v) is 4.54. The summed E-state index contributed by atoms with van der Waals surface area (Å²) >= 11 is 1.17. The number of hydrogen-bond acceptors (Lipinski definition) is 3. The Kier molecular flexibility index (Phi) is 4.00. The molecule has 2 rings (SSSR count). The molecule has 0 atom stereocenters. The highest BCUT2D eigenvalue weighted by molar-refractivity contribution is 7.20. The fourth-order valence-corrected chi connectivity index (χ4v) is 3.19. The Morgan fingerprint density at radius 2 is 2.00 bits per heavy atom. The molecule has 0 radical (unpaired) electrons. The van der Waals surface area contributed by atoms with Crippen LogP contribution in [0.3, 0.4) is 0 Å². The molecule has 1 heterocycles. The molecule has 1 aromatic heterocycles. The maximum atomic E-state index is 13.2. The number of rotatable bonds is 4. The highest BCUT2D eigenvalue weighted by Crippen LogP contribution is 2.29. The fraction of sp³-hybridized carbons (Fsp3) is 0.333. The summed E-state index contributed by atoms with van der Waals surface area (Å²) in [6.45, 7) is 4.99. The van der Waals surface area contributed by atoms with Crippen LogP contribution in [0.2, 0.25) is 0 Å². The number of amides is 1. The lowest BCUT2D eigenvalue weighted by atomic mass is 10.0. The molecule has 4 nitrogen and oxygen atoms in total. The van der Waals surface area contributed by atoms with Crippen LogP contribution < -0.4 is 0 Å². The molecule has 0 aliphatic carbocycles. The number of hydrogen-bond donors (Lipinski definition) is 1. The van der Waals surface area contributed by atoms with E-state index in [2.05, 4.69) is 0 Å². The van der Waals surface area contributed by atoms with Gasteiger partial charge >= 0.3 is 5.97 Å². The largest absolute Gasteiger partial charge is 0.480 e. The van der Waals surface area contributed by atoms with Gasteiger partial charge < -0.3 is 10.0 Å². The first-order chi connectivity index (χ1) is 9.77. The van der Waals surface area contributed by atoms with Crippen LogP contribution in [0.25, 0.3) is 10.1 Å². The molecular formula is C15H16FNO3S. The molecule has 1 N–H and O–H groups in total. The molecule has 2 aromatic rings. The molecule has 0 saturated carbocycles. The molecule has 0 bridgehead atoms. The highest BCUT2D eigenvalue weighted by Gasteiger charge is 2.37. The van der Waals surface area contributed by atoms with E-state index < -0.39 is 11.5 Å². The Morgan fingerprint density at radius 3 is 2.57 bits per heavy atom. The molecule has 6 heteroatoms. The zero-order valence-electron chi connectivity index (χ0n) is 12.0. The Bertz CT molecular complexity index is 708. The van der Waals surface area contributed by atoms with E-state index in [1.54, 1.807) is 19.1 Å². The number of likely N-dealkylation sites (N-methyl/N-ethyl adjacent to an activating group) is 1. The second-order valence-corrected chi connectivity index (χ2v) is 6.29. The monoisotopic (exact) mass is 309 g/mol. The molecule has 1 amide bonds. The van der Waals surface area contributed by atoms with Gasteiger partial charge in [0.25, 0.3) is 5.91 Å². The maximum Gasteiger partial charge on any atom is 0.329 e. The summed E-state index contributed by atoms with van der Waals surface area (Å²) < 4.78 is 13.9. The topological polar surface area (TPSA) is 57.6 Å². The first-order valence-electron chi connectivity index (χ1n) is 6.52. The predicted molar refractivity (Wildman–Crippen MR) is 80.2 cm³/mol. The van der Waals surface area contributed by atoms with Gasteiger partial charge in [-0.2, -0.15) is 0 Å². The average Bonchev–Trinajstić information content (AvgIpc) is 2.81. The number of carboxylic acid groups (broad SMARTS) is 1.